The van der Waals surface area contributed by atoms with Crippen molar-refractivity contribution in [2.75, 3.05) is 6.54 Å². The molecule has 0 aromatic carbocycles. The molecule has 4 nitrogen and oxygen atoms in total. The molecular formula is C30H45NO3. The lowest BCUT2D eigenvalue weighted by Crippen LogP contribution is -2.31. The third-order valence-corrected chi connectivity index (χ3v) is 5.81. The van der Waals surface area contributed by atoms with E-state index < -0.39 is 11.8 Å². The van der Waals surface area contributed by atoms with Crippen LogP contribution in [0.25, 0.3) is 0 Å². The van der Waals surface area contributed by atoms with E-state index in [0.717, 1.165) is 31.3 Å². The van der Waals surface area contributed by atoms with Gasteiger partial charge in [0.15, 0.2) is 5.78 Å². The first-order valence-corrected chi connectivity index (χ1v) is 12.8. The maximum absolute atomic E-state index is 13.4. The predicted octanol–water partition coefficient (Wildman–Crippen LogP) is 7.37. The summed E-state index contributed by atoms with van der Waals surface area (Å²) in [6, 6.07) is 0. The largest absolute Gasteiger partial charge is 0.464 e. The Bertz CT molecular complexity index is 883. The summed E-state index contributed by atoms with van der Waals surface area (Å²) in [5.74, 6) is 0.0215. The minimum atomic E-state index is -0.680. The summed E-state index contributed by atoms with van der Waals surface area (Å²) in [6.07, 6.45) is 12.1. The zero-order chi connectivity index (χ0) is 25.8. The third kappa shape index (κ3) is 8.30. The fraction of sp³-hybridized carbons (Fsp3) is 0.533. The lowest BCUT2D eigenvalue weighted by atomic mass is 9.85. The molecule has 0 saturated heterocycles. The molecule has 0 radical (unpaired) electrons. The highest BCUT2D eigenvalue weighted by molar-refractivity contribution is 5.95. The lowest BCUT2D eigenvalue weighted by molar-refractivity contribution is -0.123. The Hall–Kier alpha value is -2.62. The monoisotopic (exact) mass is 467 g/mol. The Balaban J connectivity index is 3.58. The summed E-state index contributed by atoms with van der Waals surface area (Å²) in [4.78, 5) is 26.4. The molecule has 2 atom stereocenters. The fourth-order valence-electron chi connectivity index (χ4n) is 4.34. The minimum absolute atomic E-state index is 0.00811. The van der Waals surface area contributed by atoms with Crippen molar-refractivity contribution < 1.29 is 14.3 Å². The molecule has 1 heterocycles. The molecule has 34 heavy (non-hydrogen) atoms. The quantitative estimate of drug-likeness (QED) is 0.214. The summed E-state index contributed by atoms with van der Waals surface area (Å²) < 4.78 is 6.12. The Kier molecular flexibility index (Phi) is 12.6. The van der Waals surface area contributed by atoms with Gasteiger partial charge in [-0.25, -0.2) is 0 Å². The average molecular weight is 468 g/mol. The van der Waals surface area contributed by atoms with E-state index >= 15 is 0 Å². The Morgan fingerprint density at radius 2 is 1.82 bits per heavy atom. The predicted molar refractivity (Wildman–Crippen MR) is 143 cm³/mol. The summed E-state index contributed by atoms with van der Waals surface area (Å²) in [6.45, 7) is 23.2. The number of allylic oxidation sites excluding steroid dienone is 8. The van der Waals surface area contributed by atoms with Crippen LogP contribution in [0.3, 0.4) is 0 Å². The van der Waals surface area contributed by atoms with Gasteiger partial charge in [0.2, 0.25) is 5.91 Å². The topological polar surface area (TPSA) is 55.4 Å². The molecule has 1 amide bonds. The first-order valence-electron chi connectivity index (χ1n) is 12.8. The SMILES string of the molecule is C=C(/C=C\C(=CCC)CC)C1=C(C(CCC)C(=O)/C=C(/C)CC(C)C)OC(=C)C1C(=O)NCC. The second kappa shape index (κ2) is 14.6. The van der Waals surface area contributed by atoms with Crippen molar-refractivity contribution in [2.24, 2.45) is 17.8 Å². The van der Waals surface area contributed by atoms with Crippen LogP contribution in [-0.4, -0.2) is 18.2 Å². The van der Waals surface area contributed by atoms with Crippen LogP contribution in [0.15, 0.2) is 71.3 Å². The van der Waals surface area contributed by atoms with E-state index in [1.54, 1.807) is 6.08 Å². The number of hydrogen-bond donors (Lipinski definition) is 1. The van der Waals surface area contributed by atoms with Gasteiger partial charge >= 0.3 is 0 Å². The van der Waals surface area contributed by atoms with Gasteiger partial charge in [-0.1, -0.05) is 83.6 Å². The van der Waals surface area contributed by atoms with Crippen LogP contribution < -0.4 is 5.32 Å². The van der Waals surface area contributed by atoms with E-state index in [0.29, 0.717) is 41.5 Å². The highest BCUT2D eigenvalue weighted by Gasteiger charge is 2.41. The van der Waals surface area contributed by atoms with Gasteiger partial charge in [-0.05, 0) is 57.1 Å². The fourth-order valence-corrected chi connectivity index (χ4v) is 4.34. The summed E-state index contributed by atoms with van der Waals surface area (Å²) in [5, 5.41) is 2.89. The molecule has 0 bridgehead atoms. The molecule has 4 heteroatoms. The molecule has 1 aliphatic rings. The molecule has 0 aromatic rings. The third-order valence-electron chi connectivity index (χ3n) is 5.81. The van der Waals surface area contributed by atoms with Gasteiger partial charge in [-0.2, -0.15) is 0 Å². The molecular weight excluding hydrogens is 422 g/mol. The first-order chi connectivity index (χ1) is 16.1. The van der Waals surface area contributed by atoms with Gasteiger partial charge < -0.3 is 10.1 Å². The maximum Gasteiger partial charge on any atom is 0.235 e. The van der Waals surface area contributed by atoms with Crippen LogP contribution in [0.4, 0.5) is 0 Å². The van der Waals surface area contributed by atoms with E-state index in [-0.39, 0.29) is 11.7 Å². The van der Waals surface area contributed by atoms with Crippen LogP contribution in [0.5, 0.6) is 0 Å². The van der Waals surface area contributed by atoms with Gasteiger partial charge in [-0.15, -0.1) is 0 Å². The maximum atomic E-state index is 13.4. The number of amides is 1. The average Bonchev–Trinajstić information content (AvgIpc) is 3.10. The molecule has 1 rings (SSSR count). The van der Waals surface area contributed by atoms with Gasteiger partial charge in [-0.3, -0.25) is 9.59 Å². The van der Waals surface area contributed by atoms with Gasteiger partial charge in [0, 0.05) is 12.1 Å². The van der Waals surface area contributed by atoms with Crippen molar-refractivity contribution in [3.63, 3.8) is 0 Å². The van der Waals surface area contributed by atoms with E-state index in [1.165, 1.54) is 5.57 Å². The van der Waals surface area contributed by atoms with Crippen molar-refractivity contribution >= 4 is 11.7 Å². The van der Waals surface area contributed by atoms with Crippen LogP contribution in [0, 0.1) is 17.8 Å². The van der Waals surface area contributed by atoms with Crippen LogP contribution in [0.1, 0.15) is 80.6 Å². The van der Waals surface area contributed by atoms with Crippen LogP contribution in [-0.2, 0) is 14.3 Å². The van der Waals surface area contributed by atoms with E-state index in [9.17, 15) is 9.59 Å². The standard InChI is InChI=1S/C30H45NO3/c1-10-14-24(12-3)17-16-22(8)27-28(30(33)31-13-4)23(9)34-29(27)25(15-11-2)26(32)19-21(7)18-20(5)6/h14,16-17,19-20,25,28H,8-13,15,18H2,1-7H3,(H,31,33)/b17-16-,21-19-,24-14?. The first kappa shape index (κ1) is 29.4. The highest BCUT2D eigenvalue weighted by atomic mass is 16.5. The number of hydrogen-bond acceptors (Lipinski definition) is 3. The Morgan fingerprint density at radius 3 is 2.35 bits per heavy atom. The lowest BCUT2D eigenvalue weighted by Gasteiger charge is -2.18. The van der Waals surface area contributed by atoms with Gasteiger partial charge in [0.25, 0.3) is 0 Å². The summed E-state index contributed by atoms with van der Waals surface area (Å²) >= 11 is 0. The zero-order valence-electron chi connectivity index (χ0n) is 22.4. The van der Waals surface area contributed by atoms with E-state index in [1.807, 2.05) is 32.9 Å². The van der Waals surface area contributed by atoms with Crippen molar-refractivity contribution in [1.82, 2.24) is 5.32 Å². The Labute approximate surface area is 207 Å². The molecule has 1 N–H and O–H groups in total. The highest BCUT2D eigenvalue weighted by Crippen LogP contribution is 2.42. The van der Waals surface area contributed by atoms with Crippen molar-refractivity contribution in [3.05, 3.63) is 71.3 Å². The van der Waals surface area contributed by atoms with Crippen molar-refractivity contribution in [3.8, 4) is 0 Å². The number of carbonyl (C=O) groups is 2. The second-order valence-electron chi connectivity index (χ2n) is 9.41. The van der Waals surface area contributed by atoms with Crippen molar-refractivity contribution in [1.29, 1.82) is 0 Å². The molecule has 0 spiro atoms. The molecule has 0 aliphatic carbocycles. The number of ketones is 1. The zero-order valence-corrected chi connectivity index (χ0v) is 22.4. The summed E-state index contributed by atoms with van der Waals surface area (Å²) in [7, 11) is 0. The van der Waals surface area contributed by atoms with Crippen molar-refractivity contribution in [2.45, 2.75) is 80.6 Å². The minimum Gasteiger partial charge on any atom is -0.464 e. The second-order valence-corrected chi connectivity index (χ2v) is 9.41. The number of rotatable bonds is 14. The van der Waals surface area contributed by atoms with E-state index in [2.05, 4.69) is 52.2 Å². The number of nitrogens with one attached hydrogen (secondary N) is 1. The molecule has 2 unspecified atom stereocenters. The molecule has 1 aliphatic heterocycles. The smallest absolute Gasteiger partial charge is 0.235 e. The number of carbonyl (C=O) groups excluding carboxylic acids is 2. The molecule has 0 saturated carbocycles. The molecule has 0 aromatic heterocycles. The molecule has 0 fully saturated rings. The van der Waals surface area contributed by atoms with Gasteiger partial charge in [0.1, 0.15) is 17.4 Å². The number of ether oxygens (including phenoxy) is 1. The van der Waals surface area contributed by atoms with Crippen LogP contribution in [0.2, 0.25) is 0 Å². The normalized spacial score (nSPS) is 18.0. The van der Waals surface area contributed by atoms with E-state index in [4.69, 9.17) is 4.74 Å². The summed E-state index contributed by atoms with van der Waals surface area (Å²) in [5.41, 5.74) is 3.60. The van der Waals surface area contributed by atoms with Crippen LogP contribution >= 0.6 is 0 Å². The Morgan fingerprint density at radius 1 is 1.15 bits per heavy atom. The van der Waals surface area contributed by atoms with Gasteiger partial charge in [0.05, 0.1) is 5.92 Å². The molecule has 188 valence electrons.